The molecule has 4 nitrogen and oxygen atoms in total. The molecule has 0 spiro atoms. The monoisotopic (exact) mass is 254 g/mol. The number of ketones is 2. The fourth-order valence-corrected chi connectivity index (χ4v) is 2.09. The zero-order valence-electron chi connectivity index (χ0n) is 11.2. The summed E-state index contributed by atoms with van der Waals surface area (Å²) in [7, 11) is 0. The van der Waals surface area contributed by atoms with Crippen LogP contribution < -0.4 is 0 Å². The van der Waals surface area contributed by atoms with E-state index in [1.807, 2.05) is 6.92 Å². The zero-order valence-corrected chi connectivity index (χ0v) is 11.2. The van der Waals surface area contributed by atoms with Gasteiger partial charge in [-0.05, 0) is 26.2 Å². The van der Waals surface area contributed by atoms with Crippen LogP contribution in [0.3, 0.4) is 0 Å². The quantitative estimate of drug-likeness (QED) is 0.492. The van der Waals surface area contributed by atoms with Crippen molar-refractivity contribution in [2.24, 2.45) is 11.8 Å². The van der Waals surface area contributed by atoms with Crippen LogP contribution in [0.2, 0.25) is 0 Å². The summed E-state index contributed by atoms with van der Waals surface area (Å²) in [5.41, 5.74) is 0. The predicted molar refractivity (Wildman–Crippen MR) is 67.0 cm³/mol. The van der Waals surface area contributed by atoms with Crippen molar-refractivity contribution in [3.05, 3.63) is 0 Å². The number of carbonyl (C=O) groups is 3. The van der Waals surface area contributed by atoms with Crippen LogP contribution in [0.4, 0.5) is 0 Å². The maximum absolute atomic E-state index is 11.9. The number of rotatable bonds is 8. The first kappa shape index (κ1) is 14.9. The second-order valence-electron chi connectivity index (χ2n) is 4.82. The summed E-state index contributed by atoms with van der Waals surface area (Å²) in [6.07, 6.45) is 3.92. The van der Waals surface area contributed by atoms with Gasteiger partial charge < -0.3 is 4.74 Å². The molecule has 0 amide bonds. The first-order chi connectivity index (χ1) is 8.60. The summed E-state index contributed by atoms with van der Waals surface area (Å²) in [6.45, 7) is 3.83. The Bertz CT molecular complexity index is 300. The van der Waals surface area contributed by atoms with Crippen LogP contribution in [0.5, 0.6) is 0 Å². The molecule has 1 unspecified atom stereocenters. The number of ether oxygens (including phenoxy) is 1. The standard InChI is InChI=1S/C14H22O4/c1-3-6-12(15)11(14(17)18-4-2)9-13(16)10-7-5-8-10/h10-11H,3-9H2,1-2H3. The lowest BCUT2D eigenvalue weighted by molar-refractivity contribution is -0.154. The Morgan fingerprint density at radius 3 is 2.33 bits per heavy atom. The number of hydrogen-bond donors (Lipinski definition) is 0. The molecule has 1 fully saturated rings. The van der Waals surface area contributed by atoms with Crippen molar-refractivity contribution in [1.29, 1.82) is 0 Å². The molecule has 1 rings (SSSR count). The molecule has 0 radical (unpaired) electrons. The third-order valence-corrected chi connectivity index (χ3v) is 3.42. The lowest BCUT2D eigenvalue weighted by Gasteiger charge is -2.25. The second-order valence-corrected chi connectivity index (χ2v) is 4.82. The van der Waals surface area contributed by atoms with Crippen molar-refractivity contribution < 1.29 is 19.1 Å². The van der Waals surface area contributed by atoms with E-state index in [0.717, 1.165) is 19.3 Å². The van der Waals surface area contributed by atoms with Crippen LogP contribution in [0.15, 0.2) is 0 Å². The van der Waals surface area contributed by atoms with E-state index in [0.29, 0.717) is 12.8 Å². The molecule has 1 atom stereocenters. The van der Waals surface area contributed by atoms with Gasteiger partial charge in [-0.2, -0.15) is 0 Å². The van der Waals surface area contributed by atoms with Crippen molar-refractivity contribution in [2.75, 3.05) is 6.61 Å². The molecule has 0 N–H and O–H groups in total. The average molecular weight is 254 g/mol. The lowest BCUT2D eigenvalue weighted by atomic mass is 9.78. The van der Waals surface area contributed by atoms with E-state index in [1.165, 1.54) is 0 Å². The average Bonchev–Trinajstić information content (AvgIpc) is 2.23. The summed E-state index contributed by atoms with van der Waals surface area (Å²) in [5.74, 6) is -1.47. The maximum Gasteiger partial charge on any atom is 0.316 e. The van der Waals surface area contributed by atoms with Gasteiger partial charge in [0.2, 0.25) is 0 Å². The third-order valence-electron chi connectivity index (χ3n) is 3.42. The minimum absolute atomic E-state index is 0.0301. The van der Waals surface area contributed by atoms with Gasteiger partial charge in [0.05, 0.1) is 6.61 Å². The van der Waals surface area contributed by atoms with E-state index < -0.39 is 11.9 Å². The second kappa shape index (κ2) is 7.29. The van der Waals surface area contributed by atoms with Crippen LogP contribution in [0.1, 0.15) is 52.4 Å². The number of carbonyl (C=O) groups excluding carboxylic acids is 3. The smallest absolute Gasteiger partial charge is 0.316 e. The minimum atomic E-state index is -0.877. The Morgan fingerprint density at radius 1 is 1.22 bits per heavy atom. The maximum atomic E-state index is 11.9. The normalized spacial score (nSPS) is 16.8. The molecular formula is C14H22O4. The number of hydrogen-bond acceptors (Lipinski definition) is 4. The van der Waals surface area contributed by atoms with Gasteiger partial charge in [-0.25, -0.2) is 0 Å². The van der Waals surface area contributed by atoms with Crippen molar-refractivity contribution in [1.82, 2.24) is 0 Å². The summed E-state index contributed by atoms with van der Waals surface area (Å²) in [5, 5.41) is 0. The highest BCUT2D eigenvalue weighted by atomic mass is 16.5. The molecule has 0 bridgehead atoms. The van der Waals surface area contributed by atoms with Gasteiger partial charge in [0, 0.05) is 18.8 Å². The van der Waals surface area contributed by atoms with Crippen molar-refractivity contribution in [2.45, 2.75) is 52.4 Å². The molecular weight excluding hydrogens is 232 g/mol. The van der Waals surface area contributed by atoms with E-state index in [2.05, 4.69) is 0 Å². The molecule has 4 heteroatoms. The Morgan fingerprint density at radius 2 is 1.89 bits per heavy atom. The van der Waals surface area contributed by atoms with Crippen molar-refractivity contribution >= 4 is 17.5 Å². The molecule has 1 aliphatic carbocycles. The van der Waals surface area contributed by atoms with Gasteiger partial charge in [-0.15, -0.1) is 0 Å². The SMILES string of the molecule is CCCC(=O)C(CC(=O)C1CCC1)C(=O)OCC. The fourth-order valence-electron chi connectivity index (χ4n) is 2.09. The van der Waals surface area contributed by atoms with Crippen LogP contribution in [-0.4, -0.2) is 24.1 Å². The molecule has 0 heterocycles. The fraction of sp³-hybridized carbons (Fsp3) is 0.786. The Labute approximate surface area is 108 Å². The molecule has 0 aromatic rings. The first-order valence-electron chi connectivity index (χ1n) is 6.82. The van der Waals surface area contributed by atoms with E-state index in [4.69, 9.17) is 4.74 Å². The number of esters is 1. The summed E-state index contributed by atoms with van der Waals surface area (Å²) in [6, 6.07) is 0. The Balaban J connectivity index is 2.60. The first-order valence-corrected chi connectivity index (χ1v) is 6.82. The topological polar surface area (TPSA) is 60.4 Å². The number of Topliss-reactive ketones (excluding diaryl/α,β-unsaturated/α-hetero) is 2. The van der Waals surface area contributed by atoms with Gasteiger partial charge in [0.1, 0.15) is 17.5 Å². The van der Waals surface area contributed by atoms with Gasteiger partial charge in [-0.3, -0.25) is 14.4 Å². The summed E-state index contributed by atoms with van der Waals surface area (Å²) in [4.78, 5) is 35.5. The highest BCUT2D eigenvalue weighted by Crippen LogP contribution is 2.29. The van der Waals surface area contributed by atoms with Crippen LogP contribution in [0.25, 0.3) is 0 Å². The summed E-state index contributed by atoms with van der Waals surface area (Å²) < 4.78 is 4.89. The molecule has 18 heavy (non-hydrogen) atoms. The molecule has 0 aromatic heterocycles. The van der Waals surface area contributed by atoms with Gasteiger partial charge >= 0.3 is 5.97 Å². The highest BCUT2D eigenvalue weighted by Gasteiger charge is 2.33. The van der Waals surface area contributed by atoms with E-state index in [-0.39, 0.29) is 30.5 Å². The molecule has 1 aliphatic rings. The summed E-state index contributed by atoms with van der Waals surface area (Å²) >= 11 is 0. The van der Waals surface area contributed by atoms with Gasteiger partial charge in [0.25, 0.3) is 0 Å². The van der Waals surface area contributed by atoms with Crippen molar-refractivity contribution in [3.63, 3.8) is 0 Å². The van der Waals surface area contributed by atoms with Gasteiger partial charge in [0.15, 0.2) is 0 Å². The molecule has 0 aliphatic heterocycles. The van der Waals surface area contributed by atoms with Crippen LogP contribution in [0, 0.1) is 11.8 Å². The van der Waals surface area contributed by atoms with Crippen LogP contribution >= 0.6 is 0 Å². The third kappa shape index (κ3) is 3.93. The van der Waals surface area contributed by atoms with Gasteiger partial charge in [-0.1, -0.05) is 13.3 Å². The zero-order chi connectivity index (χ0) is 13.5. The predicted octanol–water partition coefficient (Wildman–Crippen LogP) is 2.29. The minimum Gasteiger partial charge on any atom is -0.465 e. The molecule has 1 saturated carbocycles. The molecule has 102 valence electrons. The molecule has 0 saturated heterocycles. The van der Waals surface area contributed by atoms with E-state index in [9.17, 15) is 14.4 Å². The van der Waals surface area contributed by atoms with E-state index >= 15 is 0 Å². The van der Waals surface area contributed by atoms with Crippen molar-refractivity contribution in [3.8, 4) is 0 Å². The van der Waals surface area contributed by atoms with Crippen LogP contribution in [-0.2, 0) is 19.1 Å². The largest absolute Gasteiger partial charge is 0.465 e. The lowest BCUT2D eigenvalue weighted by Crippen LogP contribution is -2.32. The Kier molecular flexibility index (Phi) is 6.02. The van der Waals surface area contributed by atoms with E-state index in [1.54, 1.807) is 6.92 Å². The Hall–Kier alpha value is -1.19. The highest BCUT2D eigenvalue weighted by molar-refractivity contribution is 6.02. The molecule has 0 aromatic carbocycles.